The molecule has 1 saturated carbocycles. The molecular formula is C18H23FN2O3. The lowest BCUT2D eigenvalue weighted by atomic mass is 9.67. The number of benzene rings is 1. The summed E-state index contributed by atoms with van der Waals surface area (Å²) in [6.45, 7) is 3.86. The summed E-state index contributed by atoms with van der Waals surface area (Å²) < 4.78 is 13.0. The Morgan fingerprint density at radius 1 is 1.25 bits per heavy atom. The second kappa shape index (κ2) is 6.16. The highest BCUT2D eigenvalue weighted by molar-refractivity contribution is 6.07. The van der Waals surface area contributed by atoms with Crippen molar-refractivity contribution < 1.29 is 19.1 Å². The van der Waals surface area contributed by atoms with Crippen molar-refractivity contribution >= 4 is 11.9 Å². The molecule has 1 heterocycles. The van der Waals surface area contributed by atoms with E-state index >= 15 is 0 Å². The number of halogens is 1. The lowest BCUT2D eigenvalue weighted by molar-refractivity contribution is -0.137. The van der Waals surface area contributed by atoms with Crippen molar-refractivity contribution in [2.75, 3.05) is 6.54 Å². The molecule has 1 aromatic rings. The molecule has 1 aromatic carbocycles. The van der Waals surface area contributed by atoms with Crippen LogP contribution in [-0.2, 0) is 4.79 Å². The Morgan fingerprint density at radius 2 is 1.83 bits per heavy atom. The van der Waals surface area contributed by atoms with Crippen LogP contribution in [0.2, 0.25) is 0 Å². The van der Waals surface area contributed by atoms with Crippen molar-refractivity contribution in [1.29, 1.82) is 0 Å². The van der Waals surface area contributed by atoms with Crippen molar-refractivity contribution in [2.24, 2.45) is 11.8 Å². The predicted molar refractivity (Wildman–Crippen MR) is 86.5 cm³/mol. The molecule has 24 heavy (non-hydrogen) atoms. The first-order valence-electron chi connectivity index (χ1n) is 8.44. The third kappa shape index (κ3) is 2.59. The molecule has 2 fully saturated rings. The zero-order valence-corrected chi connectivity index (χ0v) is 14.0. The molecule has 5 nitrogen and oxygen atoms in total. The standard InChI is InChI=1S/C18H23FN2O3/c1-11-4-3-5-12(2)18(11)16(23)21(17(24)20-18)10-15(22)13-6-8-14(19)9-7-13/h6-9,11-12,15,22H,3-5,10H2,1-2H3,(H,20,24). The van der Waals surface area contributed by atoms with Gasteiger partial charge in [-0.25, -0.2) is 9.18 Å². The fourth-order valence-corrected chi connectivity index (χ4v) is 4.08. The van der Waals surface area contributed by atoms with Gasteiger partial charge in [0.1, 0.15) is 11.4 Å². The van der Waals surface area contributed by atoms with E-state index in [0.717, 1.165) is 24.2 Å². The first-order chi connectivity index (χ1) is 11.4. The molecular weight excluding hydrogens is 311 g/mol. The highest BCUT2D eigenvalue weighted by Gasteiger charge is 2.58. The Kier molecular flexibility index (Phi) is 4.34. The number of carbonyl (C=O) groups excluding carboxylic acids is 2. The summed E-state index contributed by atoms with van der Waals surface area (Å²) in [6, 6.07) is 4.95. The van der Waals surface area contributed by atoms with Crippen molar-refractivity contribution in [3.8, 4) is 0 Å². The Balaban J connectivity index is 1.80. The fraction of sp³-hybridized carbons (Fsp3) is 0.556. The Hall–Kier alpha value is -1.95. The monoisotopic (exact) mass is 334 g/mol. The van der Waals surface area contributed by atoms with Gasteiger partial charge in [0.05, 0.1) is 12.6 Å². The van der Waals surface area contributed by atoms with E-state index in [0.29, 0.717) is 5.56 Å². The summed E-state index contributed by atoms with van der Waals surface area (Å²) in [7, 11) is 0. The topological polar surface area (TPSA) is 69.6 Å². The number of urea groups is 1. The van der Waals surface area contributed by atoms with Crippen LogP contribution in [0.15, 0.2) is 24.3 Å². The van der Waals surface area contributed by atoms with E-state index < -0.39 is 23.5 Å². The van der Waals surface area contributed by atoms with E-state index in [-0.39, 0.29) is 24.3 Å². The van der Waals surface area contributed by atoms with Crippen LogP contribution in [0.5, 0.6) is 0 Å². The van der Waals surface area contributed by atoms with Crippen LogP contribution in [0.3, 0.4) is 0 Å². The Morgan fingerprint density at radius 3 is 2.42 bits per heavy atom. The van der Waals surface area contributed by atoms with Gasteiger partial charge in [0.25, 0.3) is 5.91 Å². The summed E-state index contributed by atoms with van der Waals surface area (Å²) >= 11 is 0. The molecule has 3 rings (SSSR count). The van der Waals surface area contributed by atoms with Gasteiger partial charge in [-0.05, 0) is 42.4 Å². The van der Waals surface area contributed by atoms with Gasteiger partial charge in [0.2, 0.25) is 0 Å². The molecule has 3 atom stereocenters. The normalized spacial score (nSPS) is 31.4. The minimum absolute atomic E-state index is 0.0608. The van der Waals surface area contributed by atoms with E-state index in [2.05, 4.69) is 5.32 Å². The highest BCUT2D eigenvalue weighted by Crippen LogP contribution is 2.42. The largest absolute Gasteiger partial charge is 0.387 e. The van der Waals surface area contributed by atoms with Crippen LogP contribution in [0, 0.1) is 17.7 Å². The van der Waals surface area contributed by atoms with Gasteiger partial charge in [0, 0.05) is 0 Å². The van der Waals surface area contributed by atoms with E-state index in [9.17, 15) is 19.1 Å². The molecule has 2 aliphatic rings. The van der Waals surface area contributed by atoms with Gasteiger partial charge >= 0.3 is 6.03 Å². The minimum Gasteiger partial charge on any atom is -0.387 e. The number of amides is 3. The average Bonchev–Trinajstić information content (AvgIpc) is 2.79. The smallest absolute Gasteiger partial charge is 0.325 e. The van der Waals surface area contributed by atoms with Crippen molar-refractivity contribution in [1.82, 2.24) is 10.2 Å². The molecule has 1 spiro atoms. The Bertz CT molecular complexity index is 636. The van der Waals surface area contributed by atoms with Crippen molar-refractivity contribution in [2.45, 2.75) is 44.8 Å². The predicted octanol–water partition coefficient (Wildman–Crippen LogP) is 2.61. The molecule has 0 bridgehead atoms. The second-order valence-electron chi connectivity index (χ2n) is 7.02. The minimum atomic E-state index is -1.04. The van der Waals surface area contributed by atoms with Crippen LogP contribution >= 0.6 is 0 Å². The maximum atomic E-state index is 13.0. The first kappa shape index (κ1) is 16.9. The number of aliphatic hydroxyl groups excluding tert-OH is 1. The zero-order chi connectivity index (χ0) is 17.5. The number of imide groups is 1. The molecule has 0 radical (unpaired) electrons. The average molecular weight is 334 g/mol. The fourth-order valence-electron chi connectivity index (χ4n) is 4.08. The summed E-state index contributed by atoms with van der Waals surface area (Å²) in [4.78, 5) is 26.5. The van der Waals surface area contributed by atoms with Gasteiger partial charge in [0.15, 0.2) is 0 Å². The van der Waals surface area contributed by atoms with Crippen LogP contribution in [0.1, 0.15) is 44.8 Å². The number of aliphatic hydroxyl groups is 1. The van der Waals surface area contributed by atoms with Gasteiger partial charge < -0.3 is 10.4 Å². The van der Waals surface area contributed by atoms with Crippen molar-refractivity contribution in [3.05, 3.63) is 35.6 Å². The number of rotatable bonds is 3. The number of nitrogens with zero attached hydrogens (tertiary/aromatic N) is 1. The van der Waals surface area contributed by atoms with Crippen LogP contribution < -0.4 is 5.32 Å². The molecule has 3 unspecified atom stereocenters. The van der Waals surface area contributed by atoms with E-state index in [1.165, 1.54) is 24.3 Å². The molecule has 3 amide bonds. The lowest BCUT2D eigenvalue weighted by Crippen LogP contribution is -2.58. The Labute approximate surface area is 140 Å². The SMILES string of the molecule is CC1CCCC(C)C12NC(=O)N(CC(O)c1ccc(F)cc1)C2=O. The molecule has 1 aliphatic carbocycles. The zero-order valence-electron chi connectivity index (χ0n) is 14.0. The highest BCUT2D eigenvalue weighted by atomic mass is 19.1. The third-order valence-electron chi connectivity index (χ3n) is 5.60. The maximum Gasteiger partial charge on any atom is 0.325 e. The van der Waals surface area contributed by atoms with Gasteiger partial charge in [-0.15, -0.1) is 0 Å². The molecule has 130 valence electrons. The van der Waals surface area contributed by atoms with Gasteiger partial charge in [-0.3, -0.25) is 9.69 Å². The number of hydrogen-bond acceptors (Lipinski definition) is 3. The number of carbonyl (C=O) groups is 2. The van der Waals surface area contributed by atoms with Crippen LogP contribution in [0.25, 0.3) is 0 Å². The van der Waals surface area contributed by atoms with Crippen molar-refractivity contribution in [3.63, 3.8) is 0 Å². The van der Waals surface area contributed by atoms with E-state index in [4.69, 9.17) is 0 Å². The summed E-state index contributed by atoms with van der Waals surface area (Å²) in [5, 5.41) is 13.2. The van der Waals surface area contributed by atoms with Crippen LogP contribution in [-0.4, -0.2) is 34.0 Å². The van der Waals surface area contributed by atoms with E-state index in [1.807, 2.05) is 13.8 Å². The number of β-amino-alcohol motifs (C(OH)–C–C–N with tert-alkyl or cyclic N) is 1. The summed E-state index contributed by atoms with van der Waals surface area (Å²) in [5.74, 6) is -0.533. The molecule has 1 saturated heterocycles. The maximum absolute atomic E-state index is 13.0. The molecule has 6 heteroatoms. The number of hydrogen-bond donors (Lipinski definition) is 2. The number of nitrogens with one attached hydrogen (secondary N) is 1. The molecule has 1 aliphatic heterocycles. The van der Waals surface area contributed by atoms with Crippen LogP contribution in [0.4, 0.5) is 9.18 Å². The third-order valence-corrected chi connectivity index (χ3v) is 5.60. The molecule has 2 N–H and O–H groups in total. The second-order valence-corrected chi connectivity index (χ2v) is 7.02. The molecule has 0 aromatic heterocycles. The van der Waals surface area contributed by atoms with E-state index in [1.54, 1.807) is 0 Å². The van der Waals surface area contributed by atoms with Gasteiger partial charge in [-0.2, -0.15) is 0 Å². The lowest BCUT2D eigenvalue weighted by Gasteiger charge is -2.42. The van der Waals surface area contributed by atoms with Gasteiger partial charge in [-0.1, -0.05) is 32.4 Å². The summed E-state index contributed by atoms with van der Waals surface area (Å²) in [5.41, 5.74) is -0.389. The summed E-state index contributed by atoms with van der Waals surface area (Å²) in [6.07, 6.45) is 1.80. The first-order valence-corrected chi connectivity index (χ1v) is 8.44. The quantitative estimate of drug-likeness (QED) is 0.835.